The van der Waals surface area contributed by atoms with Crippen LogP contribution in [0.25, 0.3) is 0 Å². The van der Waals surface area contributed by atoms with Crippen LogP contribution in [-0.4, -0.2) is 50.1 Å². The molecule has 0 saturated carbocycles. The highest BCUT2D eigenvalue weighted by Gasteiger charge is 2.26. The van der Waals surface area contributed by atoms with E-state index < -0.39 is 0 Å². The molecule has 1 aliphatic heterocycles. The van der Waals surface area contributed by atoms with Crippen LogP contribution in [0.15, 0.2) is 18.2 Å². The van der Waals surface area contributed by atoms with E-state index in [-0.39, 0.29) is 23.3 Å². The quantitative estimate of drug-likeness (QED) is 0.577. The standard InChI is InChI=1S/C25H41N3O3/c1-7-8-11-23(29)26-20-12-13-22(27(5)6)19(15-20)17-28(18-21-10-9-14-31-21)24(30)16-25(2,3)4/h12-13,15,21H,7-11,14,16-18H2,1-6H3,(H,26,29). The van der Waals surface area contributed by atoms with Gasteiger partial charge in [-0.15, -0.1) is 0 Å². The van der Waals surface area contributed by atoms with Gasteiger partial charge in [-0.1, -0.05) is 34.1 Å². The van der Waals surface area contributed by atoms with Gasteiger partial charge < -0.3 is 19.9 Å². The molecular formula is C25H41N3O3. The van der Waals surface area contributed by atoms with Crippen LogP contribution in [0.4, 0.5) is 11.4 Å². The minimum absolute atomic E-state index is 0.0328. The number of unbranched alkanes of at least 4 members (excludes halogenated alkanes) is 1. The zero-order chi connectivity index (χ0) is 23.0. The van der Waals surface area contributed by atoms with E-state index in [0.717, 1.165) is 49.2 Å². The first-order valence-electron chi connectivity index (χ1n) is 11.6. The second-order valence-corrected chi connectivity index (χ2v) is 10.0. The Hall–Kier alpha value is -2.08. The molecule has 31 heavy (non-hydrogen) atoms. The Morgan fingerprint density at radius 1 is 1.23 bits per heavy atom. The molecule has 1 unspecified atom stereocenters. The number of nitrogens with one attached hydrogen (secondary N) is 1. The van der Waals surface area contributed by atoms with Gasteiger partial charge in [-0.2, -0.15) is 0 Å². The molecule has 1 saturated heterocycles. The third kappa shape index (κ3) is 8.52. The van der Waals surface area contributed by atoms with Crippen LogP contribution in [-0.2, 0) is 20.9 Å². The number of carbonyl (C=O) groups is 2. The van der Waals surface area contributed by atoms with Gasteiger partial charge in [-0.3, -0.25) is 9.59 Å². The largest absolute Gasteiger partial charge is 0.377 e. The van der Waals surface area contributed by atoms with E-state index in [2.05, 4.69) is 37.9 Å². The SMILES string of the molecule is CCCCC(=O)Nc1ccc(N(C)C)c(CN(CC2CCCO2)C(=O)CC(C)(C)C)c1. The van der Waals surface area contributed by atoms with Gasteiger partial charge in [-0.25, -0.2) is 0 Å². The van der Waals surface area contributed by atoms with Gasteiger partial charge in [0.05, 0.1) is 6.10 Å². The Bertz CT molecular complexity index is 734. The summed E-state index contributed by atoms with van der Waals surface area (Å²) in [5.74, 6) is 0.176. The highest BCUT2D eigenvalue weighted by molar-refractivity contribution is 5.91. The maximum atomic E-state index is 13.2. The van der Waals surface area contributed by atoms with Gasteiger partial charge in [0.1, 0.15) is 0 Å². The second-order valence-electron chi connectivity index (χ2n) is 10.0. The summed E-state index contributed by atoms with van der Waals surface area (Å²) in [7, 11) is 4.00. The summed E-state index contributed by atoms with van der Waals surface area (Å²) in [5.41, 5.74) is 2.78. The molecule has 0 bridgehead atoms. The summed E-state index contributed by atoms with van der Waals surface area (Å²) in [6.07, 6.45) is 5.03. The van der Waals surface area contributed by atoms with Crippen molar-refractivity contribution in [2.45, 2.75) is 78.9 Å². The van der Waals surface area contributed by atoms with Gasteiger partial charge in [0.2, 0.25) is 11.8 Å². The average molecular weight is 432 g/mol. The summed E-state index contributed by atoms with van der Waals surface area (Å²) in [5, 5.41) is 3.01. The van der Waals surface area contributed by atoms with E-state index in [1.165, 1.54) is 0 Å². The number of benzene rings is 1. The first-order chi connectivity index (χ1) is 14.6. The van der Waals surface area contributed by atoms with E-state index >= 15 is 0 Å². The molecule has 0 aromatic heterocycles. The van der Waals surface area contributed by atoms with Crippen LogP contribution in [0, 0.1) is 5.41 Å². The van der Waals surface area contributed by atoms with Crippen molar-refractivity contribution in [2.24, 2.45) is 5.41 Å². The van der Waals surface area contributed by atoms with Gasteiger partial charge in [0, 0.05) is 58.0 Å². The van der Waals surface area contributed by atoms with E-state index in [9.17, 15) is 9.59 Å². The van der Waals surface area contributed by atoms with Crippen molar-refractivity contribution >= 4 is 23.2 Å². The predicted octanol–water partition coefficient (Wildman–Crippen LogP) is 4.83. The third-order valence-electron chi connectivity index (χ3n) is 5.45. The lowest BCUT2D eigenvalue weighted by Crippen LogP contribution is -2.38. The lowest BCUT2D eigenvalue weighted by Gasteiger charge is -2.30. The highest BCUT2D eigenvalue weighted by Crippen LogP contribution is 2.27. The molecule has 0 aliphatic carbocycles. The highest BCUT2D eigenvalue weighted by atomic mass is 16.5. The molecule has 174 valence electrons. The third-order valence-corrected chi connectivity index (χ3v) is 5.45. The lowest BCUT2D eigenvalue weighted by molar-refractivity contribution is -0.135. The number of rotatable bonds is 10. The number of anilines is 2. The lowest BCUT2D eigenvalue weighted by atomic mass is 9.91. The van der Waals surface area contributed by atoms with Crippen LogP contribution in [0.3, 0.4) is 0 Å². The predicted molar refractivity (Wildman–Crippen MR) is 127 cm³/mol. The van der Waals surface area contributed by atoms with Crippen molar-refractivity contribution < 1.29 is 14.3 Å². The van der Waals surface area contributed by atoms with Gasteiger partial charge in [0.25, 0.3) is 0 Å². The summed E-state index contributed by atoms with van der Waals surface area (Å²) in [6, 6.07) is 5.96. The zero-order valence-electron chi connectivity index (χ0n) is 20.3. The summed E-state index contributed by atoms with van der Waals surface area (Å²) < 4.78 is 5.83. The summed E-state index contributed by atoms with van der Waals surface area (Å²) >= 11 is 0. The smallest absolute Gasteiger partial charge is 0.224 e. The molecule has 2 amide bonds. The number of ether oxygens (including phenoxy) is 1. The fourth-order valence-electron chi connectivity index (χ4n) is 3.85. The second kappa shape index (κ2) is 11.5. The molecule has 0 radical (unpaired) electrons. The Balaban J connectivity index is 2.25. The molecule has 1 aromatic rings. The molecular weight excluding hydrogens is 390 g/mol. The van der Waals surface area contributed by atoms with Crippen LogP contribution in [0.1, 0.15) is 71.8 Å². The number of hydrogen-bond donors (Lipinski definition) is 1. The zero-order valence-corrected chi connectivity index (χ0v) is 20.3. The monoisotopic (exact) mass is 431 g/mol. The van der Waals surface area contributed by atoms with Crippen LogP contribution in [0.5, 0.6) is 0 Å². The molecule has 0 spiro atoms. The van der Waals surface area contributed by atoms with Crippen molar-refractivity contribution in [1.82, 2.24) is 4.90 Å². The van der Waals surface area contributed by atoms with Crippen molar-refractivity contribution in [3.8, 4) is 0 Å². The minimum atomic E-state index is -0.0780. The van der Waals surface area contributed by atoms with Crippen LogP contribution in [0.2, 0.25) is 0 Å². The van der Waals surface area contributed by atoms with E-state index in [1.807, 2.05) is 37.2 Å². The first kappa shape index (κ1) is 25.2. The van der Waals surface area contributed by atoms with Crippen molar-refractivity contribution in [2.75, 3.05) is 37.5 Å². The molecule has 1 aromatic carbocycles. The minimum Gasteiger partial charge on any atom is -0.377 e. The summed E-state index contributed by atoms with van der Waals surface area (Å²) in [6.45, 7) is 10.2. The maximum absolute atomic E-state index is 13.2. The molecule has 1 aliphatic rings. The average Bonchev–Trinajstić information content (AvgIpc) is 3.17. The number of hydrogen-bond acceptors (Lipinski definition) is 4. The van der Waals surface area contributed by atoms with Crippen molar-refractivity contribution in [1.29, 1.82) is 0 Å². The fourth-order valence-corrected chi connectivity index (χ4v) is 3.85. The van der Waals surface area contributed by atoms with Crippen molar-refractivity contribution in [3.63, 3.8) is 0 Å². The normalized spacial score (nSPS) is 16.3. The molecule has 1 heterocycles. The van der Waals surface area contributed by atoms with Gasteiger partial charge >= 0.3 is 0 Å². The molecule has 1 atom stereocenters. The Labute approximate surface area is 188 Å². The first-order valence-corrected chi connectivity index (χ1v) is 11.6. The number of amides is 2. The Morgan fingerprint density at radius 2 is 1.97 bits per heavy atom. The van der Waals surface area contributed by atoms with E-state index in [4.69, 9.17) is 4.74 Å². The fraction of sp³-hybridized carbons (Fsp3) is 0.680. The maximum Gasteiger partial charge on any atom is 0.224 e. The molecule has 6 heteroatoms. The molecule has 1 fully saturated rings. The van der Waals surface area contributed by atoms with E-state index in [0.29, 0.717) is 25.9 Å². The summed E-state index contributed by atoms with van der Waals surface area (Å²) in [4.78, 5) is 29.4. The Kier molecular flexibility index (Phi) is 9.35. The van der Waals surface area contributed by atoms with Gasteiger partial charge in [0.15, 0.2) is 0 Å². The number of nitrogens with zero attached hydrogens (tertiary/aromatic N) is 2. The molecule has 6 nitrogen and oxygen atoms in total. The Morgan fingerprint density at radius 3 is 2.55 bits per heavy atom. The number of carbonyl (C=O) groups excluding carboxylic acids is 2. The molecule has 2 rings (SSSR count). The van der Waals surface area contributed by atoms with Crippen LogP contribution < -0.4 is 10.2 Å². The van der Waals surface area contributed by atoms with Gasteiger partial charge in [-0.05, 0) is 48.4 Å². The topological polar surface area (TPSA) is 61.9 Å². The van der Waals surface area contributed by atoms with Crippen LogP contribution >= 0.6 is 0 Å². The molecule has 1 N–H and O–H groups in total. The van der Waals surface area contributed by atoms with Crippen molar-refractivity contribution in [3.05, 3.63) is 23.8 Å². The van der Waals surface area contributed by atoms with E-state index in [1.54, 1.807) is 0 Å².